The van der Waals surface area contributed by atoms with Crippen molar-refractivity contribution in [2.75, 3.05) is 11.5 Å². The number of fused-ring (bicyclic) bond motifs is 1. The number of anilines is 1. The first kappa shape index (κ1) is 20.3. The van der Waals surface area contributed by atoms with Crippen LogP contribution < -0.4 is 15.0 Å². The molecule has 0 bridgehead atoms. The molecular weight excluding hydrogens is 392 g/mol. The molecule has 6 heteroatoms. The number of aryl methyl sites for hydroxylation is 2. The molecule has 0 spiro atoms. The van der Waals surface area contributed by atoms with Crippen LogP contribution in [0.1, 0.15) is 23.6 Å². The number of nitrogens with one attached hydrogen (secondary N) is 1. The number of hydrogen-bond donors (Lipinski definition) is 1. The molecule has 1 N–H and O–H groups in total. The number of carbonyl (C=O) groups excluding carboxylic acids is 3. The van der Waals surface area contributed by atoms with Gasteiger partial charge in [0.25, 0.3) is 11.8 Å². The smallest absolute Gasteiger partial charge is 0.335 e. The second kappa shape index (κ2) is 8.07. The van der Waals surface area contributed by atoms with Crippen molar-refractivity contribution >= 4 is 40.4 Å². The molecule has 31 heavy (non-hydrogen) atoms. The molecule has 1 aliphatic rings. The van der Waals surface area contributed by atoms with Gasteiger partial charge in [-0.1, -0.05) is 36.4 Å². The van der Waals surface area contributed by atoms with E-state index in [9.17, 15) is 14.4 Å². The summed E-state index contributed by atoms with van der Waals surface area (Å²) in [6.45, 7) is 6.21. The average molecular weight is 414 g/mol. The molecule has 1 aliphatic heterocycles. The van der Waals surface area contributed by atoms with Gasteiger partial charge in [0, 0.05) is 5.39 Å². The quantitative estimate of drug-likeness (QED) is 0.503. The molecule has 1 heterocycles. The molecule has 4 rings (SSSR count). The van der Waals surface area contributed by atoms with Gasteiger partial charge in [0.15, 0.2) is 0 Å². The summed E-state index contributed by atoms with van der Waals surface area (Å²) >= 11 is 0. The summed E-state index contributed by atoms with van der Waals surface area (Å²) in [4.78, 5) is 39.3. The Balaban J connectivity index is 1.82. The fraction of sp³-hybridized carbons (Fsp3) is 0.160. The van der Waals surface area contributed by atoms with Gasteiger partial charge in [-0.25, -0.2) is 9.69 Å². The molecular formula is C25H22N2O4. The number of ether oxygens (including phenoxy) is 1. The van der Waals surface area contributed by atoms with E-state index in [1.165, 1.54) is 6.08 Å². The highest BCUT2D eigenvalue weighted by molar-refractivity contribution is 6.39. The number of imide groups is 2. The van der Waals surface area contributed by atoms with Crippen molar-refractivity contribution in [3.63, 3.8) is 0 Å². The maximum absolute atomic E-state index is 13.2. The maximum Gasteiger partial charge on any atom is 0.335 e. The first-order valence-corrected chi connectivity index (χ1v) is 10.0. The second-order valence-corrected chi connectivity index (χ2v) is 7.44. The van der Waals surface area contributed by atoms with Crippen molar-refractivity contribution in [1.82, 2.24) is 5.32 Å². The Bertz CT molecular complexity index is 1240. The summed E-state index contributed by atoms with van der Waals surface area (Å²) in [5.41, 5.74) is 2.83. The number of urea groups is 1. The minimum Gasteiger partial charge on any atom is -0.493 e. The van der Waals surface area contributed by atoms with Crippen LogP contribution in [-0.4, -0.2) is 24.5 Å². The summed E-state index contributed by atoms with van der Waals surface area (Å²) in [5.74, 6) is -0.642. The van der Waals surface area contributed by atoms with Crippen molar-refractivity contribution in [2.45, 2.75) is 20.8 Å². The molecule has 0 atom stereocenters. The van der Waals surface area contributed by atoms with Crippen molar-refractivity contribution in [3.8, 4) is 5.75 Å². The van der Waals surface area contributed by atoms with Gasteiger partial charge in [0.05, 0.1) is 12.3 Å². The summed E-state index contributed by atoms with van der Waals surface area (Å²) < 4.78 is 5.70. The van der Waals surface area contributed by atoms with E-state index in [4.69, 9.17) is 4.74 Å². The van der Waals surface area contributed by atoms with Gasteiger partial charge in [-0.2, -0.15) is 0 Å². The minimum atomic E-state index is -0.756. The van der Waals surface area contributed by atoms with E-state index in [1.54, 1.807) is 18.2 Å². The Morgan fingerprint density at radius 1 is 0.935 bits per heavy atom. The van der Waals surface area contributed by atoms with Crippen molar-refractivity contribution < 1.29 is 19.1 Å². The molecule has 0 aliphatic carbocycles. The average Bonchev–Trinajstić information content (AvgIpc) is 2.71. The zero-order chi connectivity index (χ0) is 22.1. The van der Waals surface area contributed by atoms with E-state index in [2.05, 4.69) is 5.32 Å². The van der Waals surface area contributed by atoms with Crippen LogP contribution in [0.5, 0.6) is 5.75 Å². The molecule has 6 nitrogen and oxygen atoms in total. The monoisotopic (exact) mass is 414 g/mol. The van der Waals surface area contributed by atoms with Gasteiger partial charge >= 0.3 is 6.03 Å². The highest BCUT2D eigenvalue weighted by Gasteiger charge is 2.37. The van der Waals surface area contributed by atoms with Crippen LogP contribution in [0.15, 0.2) is 60.2 Å². The molecule has 4 amide bonds. The summed E-state index contributed by atoms with van der Waals surface area (Å²) in [5, 5.41) is 4.00. The van der Waals surface area contributed by atoms with Gasteiger partial charge in [0.1, 0.15) is 11.3 Å². The van der Waals surface area contributed by atoms with Gasteiger partial charge < -0.3 is 4.74 Å². The second-order valence-electron chi connectivity index (χ2n) is 7.44. The lowest BCUT2D eigenvalue weighted by molar-refractivity contribution is -0.122. The van der Waals surface area contributed by atoms with Crippen LogP contribution in [0.25, 0.3) is 16.8 Å². The molecule has 3 aromatic carbocycles. The topological polar surface area (TPSA) is 75.7 Å². The van der Waals surface area contributed by atoms with Crippen LogP contribution in [-0.2, 0) is 9.59 Å². The molecule has 0 aromatic heterocycles. The Morgan fingerprint density at radius 3 is 2.29 bits per heavy atom. The SMILES string of the molecule is CCOc1ccc(/C=C2\C(=O)NC(=O)N(c3cc(C)cc(C)c3)C2=O)c2ccccc12. The molecule has 0 unspecified atom stereocenters. The maximum atomic E-state index is 13.2. The van der Waals surface area contributed by atoms with E-state index in [1.807, 2.05) is 57.2 Å². The van der Waals surface area contributed by atoms with E-state index in [-0.39, 0.29) is 5.57 Å². The Hall–Kier alpha value is -3.93. The fourth-order valence-electron chi connectivity index (χ4n) is 3.83. The predicted octanol–water partition coefficient (Wildman–Crippen LogP) is 4.52. The minimum absolute atomic E-state index is 0.104. The third-order valence-corrected chi connectivity index (χ3v) is 5.08. The largest absolute Gasteiger partial charge is 0.493 e. The number of benzene rings is 3. The van der Waals surface area contributed by atoms with Gasteiger partial charge in [-0.15, -0.1) is 0 Å². The molecule has 1 saturated heterocycles. The van der Waals surface area contributed by atoms with Crippen LogP contribution in [0, 0.1) is 13.8 Å². The Kier molecular flexibility index (Phi) is 5.29. The molecule has 0 saturated carbocycles. The highest BCUT2D eigenvalue weighted by Crippen LogP contribution is 2.31. The van der Waals surface area contributed by atoms with Crippen LogP contribution in [0.4, 0.5) is 10.5 Å². The van der Waals surface area contributed by atoms with E-state index >= 15 is 0 Å². The third kappa shape index (κ3) is 3.80. The Labute approximate surface area is 180 Å². The third-order valence-electron chi connectivity index (χ3n) is 5.08. The number of hydrogen-bond acceptors (Lipinski definition) is 4. The standard InChI is InChI=1S/C25H22N2O4/c1-4-31-22-10-9-17(19-7-5-6-8-20(19)22)14-21-23(28)26-25(30)27(24(21)29)18-12-15(2)11-16(3)13-18/h5-14H,4H2,1-3H3,(H,26,28,30)/b21-14+. The lowest BCUT2D eigenvalue weighted by Crippen LogP contribution is -2.54. The van der Waals surface area contributed by atoms with Crippen molar-refractivity contribution in [2.24, 2.45) is 0 Å². The lowest BCUT2D eigenvalue weighted by atomic mass is 10.00. The van der Waals surface area contributed by atoms with Crippen LogP contribution >= 0.6 is 0 Å². The summed E-state index contributed by atoms with van der Waals surface area (Å²) in [7, 11) is 0. The number of nitrogens with zero attached hydrogens (tertiary/aromatic N) is 1. The van der Waals surface area contributed by atoms with E-state index in [0.717, 1.165) is 32.5 Å². The first-order chi connectivity index (χ1) is 14.9. The van der Waals surface area contributed by atoms with Gasteiger partial charge in [-0.05, 0) is 67.1 Å². The number of amides is 4. The predicted molar refractivity (Wildman–Crippen MR) is 120 cm³/mol. The molecule has 1 fully saturated rings. The zero-order valence-electron chi connectivity index (χ0n) is 17.6. The van der Waals surface area contributed by atoms with Crippen LogP contribution in [0.2, 0.25) is 0 Å². The highest BCUT2D eigenvalue weighted by atomic mass is 16.5. The number of carbonyl (C=O) groups is 3. The molecule has 0 radical (unpaired) electrons. The van der Waals surface area contributed by atoms with Crippen molar-refractivity contribution in [3.05, 3.63) is 76.9 Å². The lowest BCUT2D eigenvalue weighted by Gasteiger charge is -2.27. The van der Waals surface area contributed by atoms with Crippen molar-refractivity contribution in [1.29, 1.82) is 0 Å². The molecule has 3 aromatic rings. The first-order valence-electron chi connectivity index (χ1n) is 10.0. The normalized spacial score (nSPS) is 15.5. The Morgan fingerprint density at radius 2 is 1.61 bits per heavy atom. The van der Waals surface area contributed by atoms with E-state index < -0.39 is 17.8 Å². The van der Waals surface area contributed by atoms with E-state index in [0.29, 0.717) is 17.9 Å². The van der Waals surface area contributed by atoms with Gasteiger partial charge in [0.2, 0.25) is 0 Å². The summed E-state index contributed by atoms with van der Waals surface area (Å²) in [6.07, 6.45) is 1.53. The van der Waals surface area contributed by atoms with Crippen LogP contribution in [0.3, 0.4) is 0 Å². The number of barbiturate groups is 1. The molecule has 156 valence electrons. The summed E-state index contributed by atoms with van der Waals surface area (Å²) in [6, 6.07) is 15.9. The fourth-order valence-corrected chi connectivity index (χ4v) is 3.83. The number of rotatable bonds is 4. The van der Waals surface area contributed by atoms with Gasteiger partial charge in [-0.3, -0.25) is 14.9 Å². The zero-order valence-corrected chi connectivity index (χ0v) is 17.6.